The number of benzene rings is 1. The maximum Gasteiger partial charge on any atom is 0.227 e. The van der Waals surface area contributed by atoms with Crippen molar-refractivity contribution in [1.82, 2.24) is 13.9 Å². The van der Waals surface area contributed by atoms with Gasteiger partial charge in [-0.15, -0.1) is 0 Å². The SMILES string of the molecule is CCCCS(=O)(=O)N1CCC(C(=O)Nc2ccc(Cn3ccnc3C)cc2)CC1. The molecule has 1 aromatic heterocycles. The van der Waals surface area contributed by atoms with E-state index in [4.69, 9.17) is 0 Å². The summed E-state index contributed by atoms with van der Waals surface area (Å²) in [6.07, 6.45) is 6.40. The average Bonchev–Trinajstić information content (AvgIpc) is 3.12. The van der Waals surface area contributed by atoms with Crippen molar-refractivity contribution in [3.05, 3.63) is 48.0 Å². The Morgan fingerprint density at radius 3 is 2.48 bits per heavy atom. The van der Waals surface area contributed by atoms with E-state index in [0.29, 0.717) is 32.4 Å². The lowest BCUT2D eigenvalue weighted by molar-refractivity contribution is -0.120. The third kappa shape index (κ3) is 5.67. The first kappa shape index (κ1) is 21.5. The van der Waals surface area contributed by atoms with Crippen molar-refractivity contribution in [3.63, 3.8) is 0 Å². The summed E-state index contributed by atoms with van der Waals surface area (Å²) in [6.45, 7) is 5.54. The van der Waals surface area contributed by atoms with Gasteiger partial charge < -0.3 is 9.88 Å². The Morgan fingerprint density at radius 2 is 1.90 bits per heavy atom. The normalized spacial score (nSPS) is 16.1. The predicted molar refractivity (Wildman–Crippen MR) is 114 cm³/mol. The molecule has 29 heavy (non-hydrogen) atoms. The fraction of sp³-hybridized carbons (Fsp3) is 0.524. The van der Waals surface area contributed by atoms with Crippen LogP contribution in [0.4, 0.5) is 5.69 Å². The van der Waals surface area contributed by atoms with Gasteiger partial charge in [0.1, 0.15) is 5.82 Å². The highest BCUT2D eigenvalue weighted by atomic mass is 32.2. The third-order valence-corrected chi connectivity index (χ3v) is 7.43. The Balaban J connectivity index is 1.50. The molecule has 0 aliphatic carbocycles. The van der Waals surface area contributed by atoms with Gasteiger partial charge in [-0.05, 0) is 43.9 Å². The largest absolute Gasteiger partial charge is 0.331 e. The first-order valence-corrected chi connectivity index (χ1v) is 11.9. The highest BCUT2D eigenvalue weighted by molar-refractivity contribution is 7.89. The number of rotatable bonds is 8. The second-order valence-electron chi connectivity index (χ2n) is 7.63. The van der Waals surface area contributed by atoms with E-state index in [1.165, 1.54) is 0 Å². The first-order valence-electron chi connectivity index (χ1n) is 10.2. The van der Waals surface area contributed by atoms with E-state index >= 15 is 0 Å². The van der Waals surface area contributed by atoms with Crippen LogP contribution in [0.25, 0.3) is 0 Å². The molecule has 1 fully saturated rings. The van der Waals surface area contributed by atoms with Gasteiger partial charge in [0, 0.05) is 43.6 Å². The van der Waals surface area contributed by atoms with Gasteiger partial charge in [-0.1, -0.05) is 25.5 Å². The molecule has 0 saturated carbocycles. The number of sulfonamides is 1. The molecule has 1 aliphatic rings. The van der Waals surface area contributed by atoms with Crippen LogP contribution in [-0.2, 0) is 21.4 Å². The lowest BCUT2D eigenvalue weighted by Gasteiger charge is -2.30. The molecular formula is C21H30N4O3S. The van der Waals surface area contributed by atoms with Crippen molar-refractivity contribution in [3.8, 4) is 0 Å². The van der Waals surface area contributed by atoms with E-state index < -0.39 is 10.0 Å². The number of piperidine rings is 1. The number of carbonyl (C=O) groups is 1. The molecule has 1 saturated heterocycles. The van der Waals surface area contributed by atoms with Crippen LogP contribution >= 0.6 is 0 Å². The summed E-state index contributed by atoms with van der Waals surface area (Å²) in [5.74, 6) is 0.978. The number of carbonyl (C=O) groups excluding carboxylic acids is 1. The lowest BCUT2D eigenvalue weighted by Crippen LogP contribution is -2.42. The van der Waals surface area contributed by atoms with Crippen LogP contribution in [0, 0.1) is 12.8 Å². The highest BCUT2D eigenvalue weighted by Crippen LogP contribution is 2.22. The second kappa shape index (κ2) is 9.54. The molecule has 8 heteroatoms. The van der Waals surface area contributed by atoms with E-state index in [9.17, 15) is 13.2 Å². The average molecular weight is 419 g/mol. The van der Waals surface area contributed by atoms with E-state index in [1.807, 2.05) is 44.3 Å². The molecule has 2 aromatic rings. The van der Waals surface area contributed by atoms with Crippen molar-refractivity contribution in [2.24, 2.45) is 5.92 Å². The summed E-state index contributed by atoms with van der Waals surface area (Å²) in [5, 5.41) is 2.97. The van der Waals surface area contributed by atoms with Gasteiger partial charge in [-0.25, -0.2) is 17.7 Å². The van der Waals surface area contributed by atoms with Crippen molar-refractivity contribution in [1.29, 1.82) is 0 Å². The topological polar surface area (TPSA) is 84.3 Å². The minimum atomic E-state index is -3.19. The number of nitrogens with zero attached hydrogens (tertiary/aromatic N) is 3. The highest BCUT2D eigenvalue weighted by Gasteiger charge is 2.30. The van der Waals surface area contributed by atoms with Crippen LogP contribution in [-0.4, -0.2) is 47.0 Å². The zero-order valence-electron chi connectivity index (χ0n) is 17.2. The fourth-order valence-corrected chi connectivity index (χ4v) is 5.24. The summed E-state index contributed by atoms with van der Waals surface area (Å²) in [5.41, 5.74) is 1.90. The molecule has 1 aliphatic heterocycles. The number of hydrogen-bond acceptors (Lipinski definition) is 4. The molecule has 2 heterocycles. The van der Waals surface area contributed by atoms with Crippen LogP contribution in [0.15, 0.2) is 36.7 Å². The van der Waals surface area contributed by atoms with Crippen LogP contribution < -0.4 is 5.32 Å². The third-order valence-electron chi connectivity index (χ3n) is 5.47. The Morgan fingerprint density at radius 1 is 1.21 bits per heavy atom. The number of amides is 1. The molecule has 0 spiro atoms. The Hall–Kier alpha value is -2.19. The Labute approximate surface area is 173 Å². The molecule has 0 bridgehead atoms. The molecular weight excluding hydrogens is 388 g/mol. The minimum Gasteiger partial charge on any atom is -0.331 e. The number of aryl methyl sites for hydroxylation is 1. The van der Waals surface area contributed by atoms with Gasteiger partial charge in [0.25, 0.3) is 0 Å². The van der Waals surface area contributed by atoms with E-state index in [-0.39, 0.29) is 17.6 Å². The summed E-state index contributed by atoms with van der Waals surface area (Å²) in [7, 11) is -3.19. The standard InChI is InChI=1S/C21H30N4O3S/c1-3-4-15-29(27,28)25-12-9-19(10-13-25)21(26)23-20-7-5-18(6-8-20)16-24-14-11-22-17(24)2/h5-8,11,14,19H,3-4,9-10,12-13,15-16H2,1-2H3,(H,23,26). The molecule has 3 rings (SSSR count). The summed E-state index contributed by atoms with van der Waals surface area (Å²) < 4.78 is 28.2. The molecule has 7 nitrogen and oxygen atoms in total. The van der Waals surface area contributed by atoms with Gasteiger partial charge in [0.2, 0.25) is 15.9 Å². The zero-order chi connectivity index (χ0) is 20.9. The molecule has 1 N–H and O–H groups in total. The monoisotopic (exact) mass is 418 g/mol. The van der Waals surface area contributed by atoms with Crippen molar-refractivity contribution in [2.45, 2.75) is 46.1 Å². The summed E-state index contributed by atoms with van der Waals surface area (Å²) in [6, 6.07) is 7.81. The quantitative estimate of drug-likeness (QED) is 0.714. The number of imidazole rings is 1. The molecule has 1 amide bonds. The number of hydrogen-bond donors (Lipinski definition) is 1. The smallest absolute Gasteiger partial charge is 0.227 e. The zero-order valence-corrected chi connectivity index (χ0v) is 18.0. The first-order chi connectivity index (χ1) is 13.9. The van der Waals surface area contributed by atoms with Crippen LogP contribution in [0.2, 0.25) is 0 Å². The number of nitrogens with one attached hydrogen (secondary N) is 1. The van der Waals surface area contributed by atoms with Crippen LogP contribution in [0.1, 0.15) is 44.0 Å². The maximum absolute atomic E-state index is 12.6. The summed E-state index contributed by atoms with van der Waals surface area (Å²) in [4.78, 5) is 16.8. The minimum absolute atomic E-state index is 0.0335. The van der Waals surface area contributed by atoms with Crippen molar-refractivity contribution < 1.29 is 13.2 Å². The summed E-state index contributed by atoms with van der Waals surface area (Å²) >= 11 is 0. The molecule has 158 valence electrons. The van der Waals surface area contributed by atoms with Crippen LogP contribution in [0.3, 0.4) is 0 Å². The lowest BCUT2D eigenvalue weighted by atomic mass is 9.97. The van der Waals surface area contributed by atoms with Gasteiger partial charge >= 0.3 is 0 Å². The van der Waals surface area contributed by atoms with E-state index in [2.05, 4.69) is 14.9 Å². The van der Waals surface area contributed by atoms with Gasteiger partial charge in [-0.2, -0.15) is 0 Å². The number of aromatic nitrogens is 2. The van der Waals surface area contributed by atoms with Gasteiger partial charge in [-0.3, -0.25) is 4.79 Å². The van der Waals surface area contributed by atoms with Crippen molar-refractivity contribution >= 4 is 21.6 Å². The number of unbranched alkanes of at least 4 members (excludes halogenated alkanes) is 1. The fourth-order valence-electron chi connectivity index (χ4n) is 3.56. The molecule has 0 radical (unpaired) electrons. The predicted octanol–water partition coefficient (Wildman–Crippen LogP) is 3.02. The Bertz CT molecular complexity index is 914. The molecule has 0 unspecified atom stereocenters. The van der Waals surface area contributed by atoms with E-state index in [0.717, 1.165) is 30.0 Å². The van der Waals surface area contributed by atoms with E-state index in [1.54, 1.807) is 10.5 Å². The van der Waals surface area contributed by atoms with Gasteiger partial charge in [0.05, 0.1) is 5.75 Å². The number of anilines is 1. The van der Waals surface area contributed by atoms with Crippen LogP contribution in [0.5, 0.6) is 0 Å². The molecule has 1 aromatic carbocycles. The molecule has 0 atom stereocenters. The van der Waals surface area contributed by atoms with Crippen molar-refractivity contribution in [2.75, 3.05) is 24.2 Å². The second-order valence-corrected chi connectivity index (χ2v) is 9.72. The Kier molecular flexibility index (Phi) is 7.08. The van der Waals surface area contributed by atoms with Gasteiger partial charge in [0.15, 0.2) is 0 Å². The maximum atomic E-state index is 12.6.